The molecule has 0 unspecified atom stereocenters. The minimum atomic E-state index is -2.69. The molecule has 0 aliphatic rings. The molecule has 1 rings (SSSR count). The van der Waals surface area contributed by atoms with E-state index in [0.717, 1.165) is 0 Å². The molecular formula is C9H10F2N2O. The normalized spacial score (nSPS) is 10.6. The monoisotopic (exact) mass is 200 g/mol. The summed E-state index contributed by atoms with van der Waals surface area (Å²) in [5, 5.41) is 0. The Hall–Kier alpha value is -1.52. The molecule has 3 nitrogen and oxygen atoms in total. The van der Waals surface area contributed by atoms with Crippen molar-refractivity contribution < 1.29 is 13.6 Å². The van der Waals surface area contributed by atoms with Gasteiger partial charge in [-0.25, -0.2) is 13.8 Å². The van der Waals surface area contributed by atoms with E-state index in [0.29, 0.717) is 11.1 Å². The van der Waals surface area contributed by atoms with Crippen molar-refractivity contribution >= 4 is 5.91 Å². The van der Waals surface area contributed by atoms with Crippen LogP contribution >= 0.6 is 0 Å². The highest BCUT2D eigenvalue weighted by atomic mass is 19.3. The average molecular weight is 200 g/mol. The molecule has 1 aromatic heterocycles. The number of amides is 1. The molecule has 0 atom stereocenters. The third-order valence-electron chi connectivity index (χ3n) is 2.01. The van der Waals surface area contributed by atoms with Crippen LogP contribution in [-0.4, -0.2) is 10.9 Å². The van der Waals surface area contributed by atoms with Crippen LogP contribution in [0.1, 0.15) is 33.7 Å². The van der Waals surface area contributed by atoms with E-state index in [-0.39, 0.29) is 5.69 Å². The largest absolute Gasteiger partial charge is 0.364 e. The number of carbonyl (C=O) groups excluding carboxylic acids is 1. The number of halogens is 2. The summed E-state index contributed by atoms with van der Waals surface area (Å²) in [7, 11) is 0. The first kappa shape index (κ1) is 10.6. The summed E-state index contributed by atoms with van der Waals surface area (Å²) in [5.41, 5.74) is 5.64. The van der Waals surface area contributed by atoms with Crippen molar-refractivity contribution in [3.8, 4) is 0 Å². The molecule has 0 saturated heterocycles. The van der Waals surface area contributed by atoms with E-state index in [1.807, 2.05) is 0 Å². The van der Waals surface area contributed by atoms with Gasteiger partial charge in [0.05, 0.1) is 0 Å². The van der Waals surface area contributed by atoms with Gasteiger partial charge >= 0.3 is 0 Å². The lowest BCUT2D eigenvalue weighted by atomic mass is 10.1. The SMILES string of the molecule is Cc1cc(C(F)F)nc(C(N)=O)c1C. The maximum absolute atomic E-state index is 12.3. The summed E-state index contributed by atoms with van der Waals surface area (Å²) in [6.45, 7) is 3.26. The molecule has 0 fully saturated rings. The molecule has 0 aliphatic heterocycles. The van der Waals surface area contributed by atoms with Crippen molar-refractivity contribution in [2.24, 2.45) is 5.73 Å². The fraction of sp³-hybridized carbons (Fsp3) is 0.333. The molecule has 0 aromatic carbocycles. The number of carbonyl (C=O) groups is 1. The van der Waals surface area contributed by atoms with Gasteiger partial charge in [0, 0.05) is 0 Å². The average Bonchev–Trinajstić information content (AvgIpc) is 2.08. The van der Waals surface area contributed by atoms with Gasteiger partial charge in [0.15, 0.2) is 0 Å². The lowest BCUT2D eigenvalue weighted by molar-refractivity contribution is 0.0992. The van der Waals surface area contributed by atoms with Crippen molar-refractivity contribution in [2.75, 3.05) is 0 Å². The van der Waals surface area contributed by atoms with Crippen molar-refractivity contribution in [1.82, 2.24) is 4.98 Å². The van der Waals surface area contributed by atoms with Crippen LogP contribution in [0.25, 0.3) is 0 Å². The first-order chi connectivity index (χ1) is 6.43. The highest BCUT2D eigenvalue weighted by Gasteiger charge is 2.15. The second-order valence-electron chi connectivity index (χ2n) is 3.00. The second-order valence-corrected chi connectivity index (χ2v) is 3.00. The van der Waals surface area contributed by atoms with E-state index in [9.17, 15) is 13.6 Å². The topological polar surface area (TPSA) is 56.0 Å². The fourth-order valence-electron chi connectivity index (χ4n) is 1.11. The minimum absolute atomic E-state index is 0.0831. The fourth-order valence-corrected chi connectivity index (χ4v) is 1.11. The van der Waals surface area contributed by atoms with Crippen LogP contribution in [0.15, 0.2) is 6.07 Å². The Bertz CT molecular complexity index is 377. The number of aryl methyl sites for hydroxylation is 1. The van der Waals surface area contributed by atoms with Gasteiger partial charge in [-0.3, -0.25) is 4.79 Å². The number of nitrogens with zero attached hydrogens (tertiary/aromatic N) is 1. The van der Waals surface area contributed by atoms with Gasteiger partial charge in [-0.15, -0.1) is 0 Å². The molecule has 76 valence electrons. The van der Waals surface area contributed by atoms with E-state index in [2.05, 4.69) is 4.98 Å². The van der Waals surface area contributed by atoms with Crippen molar-refractivity contribution in [1.29, 1.82) is 0 Å². The van der Waals surface area contributed by atoms with Gasteiger partial charge in [-0.2, -0.15) is 0 Å². The first-order valence-corrected chi connectivity index (χ1v) is 3.99. The maximum atomic E-state index is 12.3. The molecule has 1 aromatic rings. The standard InChI is InChI=1S/C9H10F2N2O/c1-4-3-6(8(10)11)13-7(5(4)2)9(12)14/h3,8H,1-2H3,(H2,12,14). The van der Waals surface area contributed by atoms with Crippen LogP contribution in [0.2, 0.25) is 0 Å². The number of aromatic nitrogens is 1. The van der Waals surface area contributed by atoms with Gasteiger partial charge in [0.2, 0.25) is 0 Å². The van der Waals surface area contributed by atoms with Crippen molar-refractivity contribution in [3.63, 3.8) is 0 Å². The van der Waals surface area contributed by atoms with Crippen LogP contribution in [0.3, 0.4) is 0 Å². The lowest BCUT2D eigenvalue weighted by Crippen LogP contribution is -2.16. The van der Waals surface area contributed by atoms with Crippen LogP contribution in [0.4, 0.5) is 8.78 Å². The molecular weight excluding hydrogens is 190 g/mol. The zero-order valence-electron chi connectivity index (χ0n) is 7.84. The predicted octanol–water partition coefficient (Wildman–Crippen LogP) is 1.73. The van der Waals surface area contributed by atoms with E-state index in [1.54, 1.807) is 13.8 Å². The molecule has 14 heavy (non-hydrogen) atoms. The third kappa shape index (κ3) is 1.86. The summed E-state index contributed by atoms with van der Waals surface area (Å²) < 4.78 is 24.6. The smallest absolute Gasteiger partial charge is 0.280 e. The summed E-state index contributed by atoms with van der Waals surface area (Å²) in [6, 6.07) is 1.26. The van der Waals surface area contributed by atoms with Gasteiger partial charge in [-0.05, 0) is 31.0 Å². The number of hydrogen-bond acceptors (Lipinski definition) is 2. The molecule has 0 aliphatic carbocycles. The van der Waals surface area contributed by atoms with E-state index >= 15 is 0 Å². The van der Waals surface area contributed by atoms with Crippen LogP contribution in [0, 0.1) is 13.8 Å². The highest BCUT2D eigenvalue weighted by molar-refractivity contribution is 5.92. The number of nitrogens with two attached hydrogens (primary N) is 1. The Labute approximate surface area is 79.9 Å². The summed E-state index contributed by atoms with van der Waals surface area (Å²) in [4.78, 5) is 14.4. The van der Waals surface area contributed by atoms with E-state index in [1.165, 1.54) is 6.07 Å². The molecule has 1 heterocycles. The van der Waals surface area contributed by atoms with E-state index in [4.69, 9.17) is 5.73 Å². The van der Waals surface area contributed by atoms with Gasteiger partial charge in [0.25, 0.3) is 12.3 Å². The quantitative estimate of drug-likeness (QED) is 0.790. The molecule has 2 N–H and O–H groups in total. The summed E-state index contributed by atoms with van der Waals surface area (Å²) >= 11 is 0. The number of pyridine rings is 1. The van der Waals surface area contributed by atoms with Gasteiger partial charge < -0.3 is 5.73 Å². The van der Waals surface area contributed by atoms with Crippen LogP contribution in [-0.2, 0) is 0 Å². The Morgan fingerprint density at radius 1 is 1.50 bits per heavy atom. The zero-order valence-corrected chi connectivity index (χ0v) is 7.84. The van der Waals surface area contributed by atoms with Crippen molar-refractivity contribution in [2.45, 2.75) is 20.3 Å². The zero-order chi connectivity index (χ0) is 10.9. The van der Waals surface area contributed by atoms with Gasteiger partial charge in [0.1, 0.15) is 11.4 Å². The molecule has 0 spiro atoms. The third-order valence-corrected chi connectivity index (χ3v) is 2.01. The van der Waals surface area contributed by atoms with Crippen LogP contribution in [0.5, 0.6) is 0 Å². The van der Waals surface area contributed by atoms with Crippen molar-refractivity contribution in [3.05, 3.63) is 28.6 Å². The molecule has 1 amide bonds. The first-order valence-electron chi connectivity index (χ1n) is 3.99. The predicted molar refractivity (Wildman–Crippen MR) is 47.2 cm³/mol. The number of rotatable bonds is 2. The van der Waals surface area contributed by atoms with Crippen LogP contribution < -0.4 is 5.73 Å². The number of primary amides is 1. The summed E-state index contributed by atoms with van der Waals surface area (Å²) in [6.07, 6.45) is -2.69. The van der Waals surface area contributed by atoms with E-state index < -0.39 is 18.0 Å². The molecule has 0 bridgehead atoms. The highest BCUT2D eigenvalue weighted by Crippen LogP contribution is 2.20. The molecule has 0 radical (unpaired) electrons. The minimum Gasteiger partial charge on any atom is -0.364 e. The Kier molecular flexibility index (Phi) is 2.78. The lowest BCUT2D eigenvalue weighted by Gasteiger charge is -2.07. The number of hydrogen-bond donors (Lipinski definition) is 1. The Morgan fingerprint density at radius 2 is 2.07 bits per heavy atom. The van der Waals surface area contributed by atoms with Gasteiger partial charge in [-0.1, -0.05) is 0 Å². The Morgan fingerprint density at radius 3 is 2.50 bits per heavy atom. The number of alkyl halides is 2. The maximum Gasteiger partial charge on any atom is 0.280 e. The Balaban J connectivity index is 3.35. The summed E-state index contributed by atoms with van der Waals surface area (Å²) in [5.74, 6) is -0.784. The molecule has 0 saturated carbocycles. The second kappa shape index (κ2) is 3.69. The molecule has 5 heteroatoms.